The molecule has 186 valence electrons. The Morgan fingerprint density at radius 3 is 2.67 bits per heavy atom. The largest absolute Gasteiger partial charge is 0.338 e. The number of carbonyl (C=O) groups excluding carboxylic acids is 1. The molecule has 2 atom stereocenters. The van der Waals surface area contributed by atoms with Crippen molar-refractivity contribution in [3.8, 4) is 0 Å². The van der Waals surface area contributed by atoms with Crippen molar-refractivity contribution in [3.05, 3.63) is 62.6 Å². The Kier molecular flexibility index (Phi) is 5.29. The van der Waals surface area contributed by atoms with Crippen molar-refractivity contribution < 1.29 is 4.79 Å². The van der Waals surface area contributed by atoms with Crippen LogP contribution in [-0.2, 0) is 27.2 Å². The minimum Gasteiger partial charge on any atom is -0.338 e. The van der Waals surface area contributed by atoms with Gasteiger partial charge >= 0.3 is 5.69 Å². The second-order valence-corrected chi connectivity index (χ2v) is 9.36. The summed E-state index contributed by atoms with van der Waals surface area (Å²) in [7, 11) is 3.24. The number of rotatable bonds is 6. The van der Waals surface area contributed by atoms with Gasteiger partial charge in [0.15, 0.2) is 22.8 Å². The van der Waals surface area contributed by atoms with Crippen LogP contribution in [0.1, 0.15) is 22.6 Å². The van der Waals surface area contributed by atoms with Crippen LogP contribution in [0.25, 0.3) is 11.2 Å². The molecule has 0 saturated carbocycles. The fourth-order valence-corrected chi connectivity index (χ4v) is 5.35. The summed E-state index contributed by atoms with van der Waals surface area (Å²) in [5.41, 5.74) is -0.231. The van der Waals surface area contributed by atoms with Gasteiger partial charge in [-0.3, -0.25) is 23.3 Å². The molecule has 0 radical (unpaired) electrons. The van der Waals surface area contributed by atoms with E-state index in [1.54, 1.807) is 49.0 Å². The molecule has 0 aliphatic carbocycles. The molecule has 36 heavy (non-hydrogen) atoms. The first-order valence-electron chi connectivity index (χ1n) is 11.9. The predicted octanol–water partition coefficient (Wildman–Crippen LogP) is -0.850. The van der Waals surface area contributed by atoms with Crippen LogP contribution in [0.4, 0.5) is 5.95 Å². The van der Waals surface area contributed by atoms with Crippen molar-refractivity contribution in [2.45, 2.75) is 25.6 Å². The number of hydrogen-bond acceptors (Lipinski definition) is 9. The highest BCUT2D eigenvalue weighted by Crippen LogP contribution is 2.33. The summed E-state index contributed by atoms with van der Waals surface area (Å²) in [6, 6.07) is 8.86. The number of imidazole rings is 1. The first-order chi connectivity index (χ1) is 17.4. The van der Waals surface area contributed by atoms with E-state index in [0.717, 1.165) is 30.6 Å². The summed E-state index contributed by atoms with van der Waals surface area (Å²) < 4.78 is 4.07. The molecule has 13 nitrogen and oxygen atoms in total. The maximum atomic E-state index is 13.8. The van der Waals surface area contributed by atoms with Gasteiger partial charge in [0, 0.05) is 38.3 Å². The van der Waals surface area contributed by atoms with Crippen LogP contribution in [0.15, 0.2) is 39.9 Å². The summed E-state index contributed by atoms with van der Waals surface area (Å²) in [5.74, 6) is 1.18. The van der Waals surface area contributed by atoms with Gasteiger partial charge in [-0.15, -0.1) is 10.2 Å². The fraction of sp³-hybridized carbons (Fsp3) is 0.435. The highest BCUT2D eigenvalue weighted by Gasteiger charge is 2.40. The van der Waals surface area contributed by atoms with E-state index in [1.165, 1.54) is 9.36 Å². The number of carbonyl (C=O) groups is 1. The van der Waals surface area contributed by atoms with E-state index in [-0.39, 0.29) is 36.1 Å². The van der Waals surface area contributed by atoms with E-state index in [1.807, 2.05) is 0 Å². The minimum absolute atomic E-state index is 0.154. The van der Waals surface area contributed by atoms with E-state index < -0.39 is 11.2 Å². The van der Waals surface area contributed by atoms with Gasteiger partial charge < -0.3 is 10.2 Å². The second-order valence-electron chi connectivity index (χ2n) is 9.36. The molecule has 5 heterocycles. The summed E-state index contributed by atoms with van der Waals surface area (Å²) >= 11 is 0. The average Bonchev–Trinajstić information content (AvgIpc) is 3.66. The van der Waals surface area contributed by atoms with Crippen LogP contribution >= 0.6 is 0 Å². The van der Waals surface area contributed by atoms with Crippen molar-refractivity contribution in [1.82, 2.24) is 44.2 Å². The lowest BCUT2D eigenvalue weighted by Gasteiger charge is -2.25. The van der Waals surface area contributed by atoms with Crippen LogP contribution in [0.3, 0.4) is 0 Å². The van der Waals surface area contributed by atoms with Crippen molar-refractivity contribution in [2.24, 2.45) is 20.0 Å². The molecule has 0 spiro atoms. The summed E-state index contributed by atoms with van der Waals surface area (Å²) in [5, 5.41) is 15.7. The van der Waals surface area contributed by atoms with Crippen molar-refractivity contribution in [1.29, 1.82) is 0 Å². The van der Waals surface area contributed by atoms with Crippen LogP contribution in [0, 0.1) is 5.92 Å². The molecule has 1 aromatic carbocycles. The number of ketones is 1. The van der Waals surface area contributed by atoms with Gasteiger partial charge in [-0.25, -0.2) is 4.79 Å². The number of aryl methyl sites for hydroxylation is 2. The molecule has 1 N–H and O–H groups in total. The zero-order valence-corrected chi connectivity index (χ0v) is 20.0. The SMILES string of the molecule is Cn1nnc(Cn2c(N3CCC4CNCC43)nc3c2c(=O)n(CC(=O)c2ccccc2)c(=O)n3C)n1. The Bertz CT molecular complexity index is 1580. The number of benzene rings is 1. The van der Waals surface area contributed by atoms with Crippen molar-refractivity contribution in [2.75, 3.05) is 24.5 Å². The molecular weight excluding hydrogens is 464 g/mol. The Balaban J connectivity index is 1.52. The van der Waals surface area contributed by atoms with E-state index in [0.29, 0.717) is 23.3 Å². The molecule has 4 aromatic rings. The zero-order valence-electron chi connectivity index (χ0n) is 20.0. The predicted molar refractivity (Wildman–Crippen MR) is 130 cm³/mol. The third kappa shape index (κ3) is 3.54. The minimum atomic E-state index is -0.590. The second kappa shape index (κ2) is 8.52. The molecule has 6 rings (SSSR count). The van der Waals surface area contributed by atoms with Gasteiger partial charge in [0.1, 0.15) is 0 Å². The highest BCUT2D eigenvalue weighted by atomic mass is 16.2. The van der Waals surface area contributed by atoms with Crippen LogP contribution in [-0.4, -0.2) is 70.4 Å². The number of tetrazole rings is 1. The monoisotopic (exact) mass is 490 g/mol. The van der Waals surface area contributed by atoms with Gasteiger partial charge in [-0.2, -0.15) is 9.78 Å². The molecule has 3 aromatic heterocycles. The van der Waals surface area contributed by atoms with E-state index >= 15 is 0 Å². The number of nitrogens with one attached hydrogen (secondary N) is 1. The number of Topliss-reactive ketones (excluding diaryl/α,β-unsaturated/α-hetero) is 1. The van der Waals surface area contributed by atoms with Gasteiger partial charge in [0.05, 0.1) is 20.1 Å². The molecular formula is C23H26N10O3. The molecule has 13 heteroatoms. The normalized spacial score (nSPS) is 19.3. The van der Waals surface area contributed by atoms with Crippen LogP contribution < -0.4 is 21.5 Å². The molecule has 2 fully saturated rings. The molecule has 0 amide bonds. The quantitative estimate of drug-likeness (QED) is 0.343. The van der Waals surface area contributed by atoms with Crippen LogP contribution in [0.2, 0.25) is 0 Å². The maximum Gasteiger partial charge on any atom is 0.332 e. The van der Waals surface area contributed by atoms with E-state index in [9.17, 15) is 14.4 Å². The Morgan fingerprint density at radius 1 is 1.11 bits per heavy atom. The number of hydrogen-bond donors (Lipinski definition) is 1. The van der Waals surface area contributed by atoms with E-state index in [4.69, 9.17) is 4.98 Å². The number of aromatic nitrogens is 8. The first-order valence-corrected chi connectivity index (χ1v) is 11.9. The number of anilines is 1. The third-order valence-corrected chi connectivity index (χ3v) is 7.16. The summed E-state index contributed by atoms with van der Waals surface area (Å²) in [4.78, 5) is 48.3. The molecule has 2 aliphatic rings. The molecule has 2 unspecified atom stereocenters. The summed E-state index contributed by atoms with van der Waals surface area (Å²) in [6.07, 6.45) is 1.01. The van der Waals surface area contributed by atoms with Crippen molar-refractivity contribution >= 4 is 22.9 Å². The van der Waals surface area contributed by atoms with Gasteiger partial charge in [-0.05, 0) is 17.6 Å². The number of fused-ring (bicyclic) bond motifs is 2. The fourth-order valence-electron chi connectivity index (χ4n) is 5.35. The molecule has 0 bridgehead atoms. The zero-order chi connectivity index (χ0) is 25.0. The topological polar surface area (TPSA) is 138 Å². The Labute approximate surface area is 205 Å². The molecule has 2 saturated heterocycles. The Morgan fingerprint density at radius 2 is 1.92 bits per heavy atom. The number of nitrogens with zero attached hydrogens (tertiary/aromatic N) is 9. The lowest BCUT2D eigenvalue weighted by molar-refractivity contribution is 0.0969. The Hall–Kier alpha value is -4.13. The maximum absolute atomic E-state index is 13.8. The highest BCUT2D eigenvalue weighted by molar-refractivity contribution is 5.95. The lowest BCUT2D eigenvalue weighted by Crippen LogP contribution is -2.41. The summed E-state index contributed by atoms with van der Waals surface area (Å²) in [6.45, 7) is 2.35. The van der Waals surface area contributed by atoms with Crippen LogP contribution in [0.5, 0.6) is 0 Å². The van der Waals surface area contributed by atoms with Gasteiger partial charge in [-0.1, -0.05) is 30.3 Å². The van der Waals surface area contributed by atoms with Gasteiger partial charge in [0.2, 0.25) is 5.95 Å². The van der Waals surface area contributed by atoms with Gasteiger partial charge in [0.25, 0.3) is 5.56 Å². The first kappa shape index (κ1) is 22.3. The lowest BCUT2D eigenvalue weighted by atomic mass is 10.1. The molecule has 2 aliphatic heterocycles. The average molecular weight is 491 g/mol. The van der Waals surface area contributed by atoms with Crippen molar-refractivity contribution in [3.63, 3.8) is 0 Å². The van der Waals surface area contributed by atoms with E-state index in [2.05, 4.69) is 25.6 Å². The third-order valence-electron chi connectivity index (χ3n) is 7.16. The standard InChI is InChI=1S/C23H26N10O3/c1-29-20-19(21(35)33(23(29)36)12-17(34)14-6-4-3-5-7-14)32(13-18-26-28-30(2)27-18)22(25-20)31-9-8-15-10-24-11-16(15)31/h3-7,15-16,24H,8-13H2,1-2H3. The smallest absolute Gasteiger partial charge is 0.332 e.